The van der Waals surface area contributed by atoms with E-state index in [-0.39, 0.29) is 5.60 Å². The van der Waals surface area contributed by atoms with Gasteiger partial charge in [0.1, 0.15) is 6.61 Å². The molecule has 174 valence electrons. The van der Waals surface area contributed by atoms with Crippen LogP contribution in [-0.2, 0) is 4.74 Å². The highest BCUT2D eigenvalue weighted by Gasteiger charge is 2.46. The molecule has 6 nitrogen and oxygen atoms in total. The van der Waals surface area contributed by atoms with E-state index in [1.54, 1.807) is 19.2 Å². The Labute approximate surface area is 189 Å². The van der Waals surface area contributed by atoms with Crippen LogP contribution in [0.3, 0.4) is 0 Å². The van der Waals surface area contributed by atoms with Gasteiger partial charge < -0.3 is 23.4 Å². The van der Waals surface area contributed by atoms with Crippen molar-refractivity contribution in [2.24, 2.45) is 0 Å². The van der Waals surface area contributed by atoms with Crippen LogP contribution in [0, 0.1) is 0 Å². The summed E-state index contributed by atoms with van der Waals surface area (Å²) >= 11 is 0. The van der Waals surface area contributed by atoms with Crippen molar-refractivity contribution in [2.75, 3.05) is 20.8 Å². The summed E-state index contributed by atoms with van der Waals surface area (Å²) in [5.41, 5.74) is 2.62. The zero-order chi connectivity index (χ0) is 23.3. The first kappa shape index (κ1) is 23.9. The highest BCUT2D eigenvalue weighted by molar-refractivity contribution is 5.88. The van der Waals surface area contributed by atoms with Crippen LogP contribution in [0.2, 0.25) is 0 Å². The zero-order valence-electron chi connectivity index (χ0n) is 19.9. The molecule has 2 aromatic rings. The Balaban J connectivity index is 1.57. The van der Waals surface area contributed by atoms with Crippen molar-refractivity contribution in [3.63, 3.8) is 0 Å². The molecule has 1 aliphatic rings. The van der Waals surface area contributed by atoms with E-state index in [4.69, 9.17) is 23.4 Å². The van der Waals surface area contributed by atoms with Crippen LogP contribution in [0.5, 0.6) is 17.2 Å². The van der Waals surface area contributed by atoms with Gasteiger partial charge in [0.2, 0.25) is 11.5 Å². The second kappa shape index (κ2) is 10.3. The van der Waals surface area contributed by atoms with Crippen LogP contribution < -0.4 is 19.8 Å². The molecule has 0 N–H and O–H groups in total. The standard InChI is InChI=1S/C26H34O6/c1-17(10-12-21-26(3,4)32-21)8-7-9-18(2)14-15-30-24-20(28-5)16-19-11-13-22(27)31-23(19)25(24)29-6/h8,11,13-14,16,21H,7,9-10,12,15H2,1-6H3/b17-8+,18-14+. The molecular weight excluding hydrogens is 408 g/mol. The van der Waals surface area contributed by atoms with E-state index in [9.17, 15) is 4.79 Å². The van der Waals surface area contributed by atoms with E-state index in [1.807, 2.05) is 6.08 Å². The van der Waals surface area contributed by atoms with E-state index >= 15 is 0 Å². The summed E-state index contributed by atoms with van der Waals surface area (Å²) in [4.78, 5) is 11.7. The molecule has 0 aliphatic carbocycles. The third-order valence-corrected chi connectivity index (χ3v) is 5.87. The lowest BCUT2D eigenvalue weighted by atomic mass is 10.0. The maximum absolute atomic E-state index is 11.7. The van der Waals surface area contributed by atoms with Gasteiger partial charge in [-0.05, 0) is 71.6 Å². The Bertz CT molecular complexity index is 1060. The fourth-order valence-corrected chi connectivity index (χ4v) is 3.73. The molecule has 1 saturated heterocycles. The highest BCUT2D eigenvalue weighted by Crippen LogP contribution is 2.43. The molecular formula is C26H34O6. The van der Waals surface area contributed by atoms with Crippen molar-refractivity contribution >= 4 is 11.0 Å². The number of fused-ring (bicyclic) bond motifs is 1. The molecule has 1 aliphatic heterocycles. The minimum atomic E-state index is -0.445. The molecule has 32 heavy (non-hydrogen) atoms. The molecule has 1 unspecified atom stereocenters. The van der Waals surface area contributed by atoms with Gasteiger partial charge >= 0.3 is 5.63 Å². The molecule has 0 bridgehead atoms. The monoisotopic (exact) mass is 442 g/mol. The second-order valence-electron chi connectivity index (χ2n) is 8.81. The van der Waals surface area contributed by atoms with Crippen molar-refractivity contribution in [3.8, 4) is 17.2 Å². The third-order valence-electron chi connectivity index (χ3n) is 5.87. The maximum Gasteiger partial charge on any atom is 0.336 e. The summed E-state index contributed by atoms with van der Waals surface area (Å²) in [6.45, 7) is 8.94. The van der Waals surface area contributed by atoms with Gasteiger partial charge in [-0.25, -0.2) is 4.79 Å². The van der Waals surface area contributed by atoms with Crippen LogP contribution in [0.4, 0.5) is 0 Å². The first-order valence-corrected chi connectivity index (χ1v) is 11.1. The van der Waals surface area contributed by atoms with Crippen molar-refractivity contribution in [3.05, 3.63) is 51.9 Å². The molecule has 1 aromatic heterocycles. The van der Waals surface area contributed by atoms with E-state index in [2.05, 4.69) is 33.8 Å². The van der Waals surface area contributed by atoms with Gasteiger partial charge in [0, 0.05) is 11.5 Å². The first-order chi connectivity index (χ1) is 15.2. The second-order valence-corrected chi connectivity index (χ2v) is 8.81. The number of benzene rings is 1. The molecule has 1 aromatic carbocycles. The Morgan fingerprint density at radius 2 is 1.78 bits per heavy atom. The van der Waals surface area contributed by atoms with Crippen molar-refractivity contribution < 1.29 is 23.4 Å². The Hall–Kier alpha value is -2.73. The van der Waals surface area contributed by atoms with E-state index in [1.165, 1.54) is 24.3 Å². The van der Waals surface area contributed by atoms with Crippen LogP contribution in [0.25, 0.3) is 11.0 Å². The summed E-state index contributed by atoms with van der Waals surface area (Å²) < 4.78 is 27.9. The van der Waals surface area contributed by atoms with Gasteiger partial charge in [-0.1, -0.05) is 17.2 Å². The molecule has 6 heteroatoms. The molecule has 2 heterocycles. The predicted octanol–water partition coefficient (Wildman–Crippen LogP) is 5.82. The lowest BCUT2D eigenvalue weighted by Gasteiger charge is -2.15. The van der Waals surface area contributed by atoms with Crippen LogP contribution in [0.1, 0.15) is 53.4 Å². The molecule has 1 fully saturated rings. The number of methoxy groups -OCH3 is 2. The molecule has 0 radical (unpaired) electrons. The number of allylic oxidation sites excluding steroid dienone is 3. The van der Waals surface area contributed by atoms with Gasteiger partial charge in [0.05, 0.1) is 25.9 Å². The summed E-state index contributed by atoms with van der Waals surface area (Å²) in [6.07, 6.45) is 8.90. The molecule has 1 atom stereocenters. The lowest BCUT2D eigenvalue weighted by Crippen LogP contribution is -2.03. The highest BCUT2D eigenvalue weighted by atomic mass is 16.6. The Morgan fingerprint density at radius 3 is 2.44 bits per heavy atom. The number of hydrogen-bond acceptors (Lipinski definition) is 6. The fourth-order valence-electron chi connectivity index (χ4n) is 3.73. The van der Waals surface area contributed by atoms with Gasteiger partial charge in [0.25, 0.3) is 0 Å². The normalized spacial score (nSPS) is 18.0. The van der Waals surface area contributed by atoms with Crippen molar-refractivity contribution in [1.82, 2.24) is 0 Å². The molecule has 0 saturated carbocycles. The van der Waals surface area contributed by atoms with Crippen LogP contribution in [-0.4, -0.2) is 32.5 Å². The predicted molar refractivity (Wildman–Crippen MR) is 126 cm³/mol. The largest absolute Gasteiger partial charge is 0.493 e. The number of rotatable bonds is 11. The fraction of sp³-hybridized carbons (Fsp3) is 0.500. The molecule has 0 amide bonds. The van der Waals surface area contributed by atoms with E-state index in [0.717, 1.165) is 25.7 Å². The van der Waals surface area contributed by atoms with Crippen LogP contribution >= 0.6 is 0 Å². The quantitative estimate of drug-likeness (QED) is 0.248. The summed E-state index contributed by atoms with van der Waals surface area (Å²) in [6, 6.07) is 4.81. The molecule has 0 spiro atoms. The summed E-state index contributed by atoms with van der Waals surface area (Å²) in [7, 11) is 3.08. The first-order valence-electron chi connectivity index (χ1n) is 11.1. The van der Waals surface area contributed by atoms with Crippen molar-refractivity contribution in [1.29, 1.82) is 0 Å². The van der Waals surface area contributed by atoms with Crippen molar-refractivity contribution in [2.45, 2.75) is 65.1 Å². The average Bonchev–Trinajstić information content (AvgIpc) is 3.38. The Kier molecular flexibility index (Phi) is 7.67. The number of epoxide rings is 1. The maximum atomic E-state index is 11.7. The zero-order valence-corrected chi connectivity index (χ0v) is 19.9. The van der Waals surface area contributed by atoms with Gasteiger partial charge in [-0.3, -0.25) is 0 Å². The van der Waals surface area contributed by atoms with E-state index in [0.29, 0.717) is 40.9 Å². The van der Waals surface area contributed by atoms with Crippen LogP contribution in [0.15, 0.2) is 50.7 Å². The average molecular weight is 443 g/mol. The lowest BCUT2D eigenvalue weighted by molar-refractivity contribution is 0.299. The van der Waals surface area contributed by atoms with Gasteiger partial charge in [-0.15, -0.1) is 0 Å². The number of hydrogen-bond donors (Lipinski definition) is 0. The third kappa shape index (κ3) is 5.94. The Morgan fingerprint density at radius 1 is 1.06 bits per heavy atom. The topological polar surface area (TPSA) is 70.4 Å². The molecule has 3 rings (SSSR count). The van der Waals surface area contributed by atoms with E-state index < -0.39 is 5.63 Å². The minimum Gasteiger partial charge on any atom is -0.493 e. The van der Waals surface area contributed by atoms with Gasteiger partial charge in [0.15, 0.2) is 11.3 Å². The minimum absolute atomic E-state index is 0.0708. The summed E-state index contributed by atoms with van der Waals surface area (Å²) in [5.74, 6) is 1.29. The SMILES string of the molecule is COc1cc2ccc(=O)oc2c(OC)c1OC/C=C(\C)CC/C=C(\C)CCC1OC1(C)C. The summed E-state index contributed by atoms with van der Waals surface area (Å²) in [5, 5.41) is 0.705. The smallest absolute Gasteiger partial charge is 0.336 e. The van der Waals surface area contributed by atoms with Gasteiger partial charge in [-0.2, -0.15) is 0 Å². The number of ether oxygens (including phenoxy) is 4.